The first-order valence-corrected chi connectivity index (χ1v) is 10.8. The topological polar surface area (TPSA) is 114 Å². The van der Waals surface area contributed by atoms with Crippen LogP contribution in [0.25, 0.3) is 6.08 Å². The van der Waals surface area contributed by atoms with Crippen molar-refractivity contribution in [2.75, 3.05) is 12.4 Å². The molecule has 8 nitrogen and oxygen atoms in total. The molecule has 0 aliphatic carbocycles. The van der Waals surface area contributed by atoms with Crippen LogP contribution in [0.3, 0.4) is 0 Å². The summed E-state index contributed by atoms with van der Waals surface area (Å²) in [6.45, 7) is 1.94. The van der Waals surface area contributed by atoms with Crippen LogP contribution in [-0.2, 0) is 11.4 Å². The Balaban J connectivity index is 1.83. The van der Waals surface area contributed by atoms with Gasteiger partial charge in [-0.25, -0.2) is 0 Å². The second kappa shape index (κ2) is 11.1. The summed E-state index contributed by atoms with van der Waals surface area (Å²) in [5, 5.41) is 23.3. The van der Waals surface area contributed by atoms with Gasteiger partial charge in [0.1, 0.15) is 18.2 Å². The van der Waals surface area contributed by atoms with Gasteiger partial charge in [0.05, 0.1) is 16.5 Å². The first-order valence-electron chi connectivity index (χ1n) is 10.0. The van der Waals surface area contributed by atoms with E-state index in [-0.39, 0.29) is 17.9 Å². The summed E-state index contributed by atoms with van der Waals surface area (Å²) < 4.78 is 11.8. The molecule has 172 valence electrons. The minimum atomic E-state index is -0.530. The van der Waals surface area contributed by atoms with Crippen molar-refractivity contribution in [3.63, 3.8) is 0 Å². The number of nitrogens with zero attached hydrogens (tertiary/aromatic N) is 2. The number of methoxy groups -OCH3 is 1. The summed E-state index contributed by atoms with van der Waals surface area (Å²) in [6, 6.07) is 18.7. The second-order valence-electron chi connectivity index (χ2n) is 7.19. The van der Waals surface area contributed by atoms with Gasteiger partial charge in [0.25, 0.3) is 11.6 Å². The predicted octanol–water partition coefficient (Wildman–Crippen LogP) is 5.80. The number of nitrogens with one attached hydrogen (secondary N) is 1. The third-order valence-electron chi connectivity index (χ3n) is 4.83. The van der Waals surface area contributed by atoms with Crippen LogP contribution >= 0.6 is 15.9 Å². The van der Waals surface area contributed by atoms with Gasteiger partial charge in [0.15, 0.2) is 11.5 Å². The Morgan fingerprint density at radius 2 is 1.97 bits per heavy atom. The largest absolute Gasteiger partial charge is 0.493 e. The maximum Gasteiger partial charge on any atom is 0.269 e. The van der Waals surface area contributed by atoms with E-state index in [1.165, 1.54) is 25.3 Å². The summed E-state index contributed by atoms with van der Waals surface area (Å²) in [5.74, 6) is 0.217. The summed E-state index contributed by atoms with van der Waals surface area (Å²) >= 11 is 3.44. The number of ether oxygens (including phenoxy) is 2. The molecule has 3 aromatic rings. The van der Waals surface area contributed by atoms with E-state index in [4.69, 9.17) is 9.47 Å². The van der Waals surface area contributed by atoms with Gasteiger partial charge in [-0.3, -0.25) is 14.9 Å². The molecule has 0 saturated carbocycles. The van der Waals surface area contributed by atoms with Crippen LogP contribution in [0, 0.1) is 28.4 Å². The molecule has 3 rings (SSSR count). The fraction of sp³-hybridized carbons (Fsp3) is 0.120. The Morgan fingerprint density at radius 3 is 2.65 bits per heavy atom. The fourth-order valence-corrected chi connectivity index (χ4v) is 3.67. The summed E-state index contributed by atoms with van der Waals surface area (Å²) in [5.41, 5.74) is 2.55. The van der Waals surface area contributed by atoms with Crippen LogP contribution in [-0.4, -0.2) is 17.9 Å². The van der Waals surface area contributed by atoms with Gasteiger partial charge in [0.2, 0.25) is 0 Å². The van der Waals surface area contributed by atoms with Crippen molar-refractivity contribution in [3.8, 4) is 17.6 Å². The number of carbonyl (C=O) groups excluding carboxylic acids is 1. The van der Waals surface area contributed by atoms with Crippen molar-refractivity contribution < 1.29 is 19.2 Å². The van der Waals surface area contributed by atoms with E-state index in [0.717, 1.165) is 5.56 Å². The monoisotopic (exact) mass is 521 g/mol. The predicted molar refractivity (Wildman–Crippen MR) is 132 cm³/mol. The molecule has 0 aromatic heterocycles. The molecule has 0 atom stereocenters. The standard InChI is InChI=1S/C25H20BrN3O5/c1-16-6-3-4-9-22(16)28-25(30)19(14-27)10-18-12-21(26)24(23(13-18)33-2)34-15-17-7-5-8-20(11-17)29(31)32/h3-13H,15H2,1-2H3,(H,28,30)/b19-10-. The van der Waals surface area contributed by atoms with E-state index in [1.54, 1.807) is 36.4 Å². The van der Waals surface area contributed by atoms with E-state index >= 15 is 0 Å². The third kappa shape index (κ3) is 5.99. The highest BCUT2D eigenvalue weighted by atomic mass is 79.9. The molecule has 0 spiro atoms. The van der Waals surface area contributed by atoms with E-state index in [1.807, 2.05) is 25.1 Å². The smallest absolute Gasteiger partial charge is 0.269 e. The van der Waals surface area contributed by atoms with Gasteiger partial charge in [-0.1, -0.05) is 30.3 Å². The van der Waals surface area contributed by atoms with Crippen LogP contribution in [0.2, 0.25) is 0 Å². The fourth-order valence-electron chi connectivity index (χ4n) is 3.10. The van der Waals surface area contributed by atoms with Crippen molar-refractivity contribution in [1.29, 1.82) is 5.26 Å². The van der Waals surface area contributed by atoms with Gasteiger partial charge in [0, 0.05) is 17.8 Å². The number of halogens is 1. The SMILES string of the molecule is COc1cc(/C=C(/C#N)C(=O)Nc2ccccc2C)cc(Br)c1OCc1cccc([N+](=O)[O-])c1. The number of nitro benzene ring substituents is 1. The number of aryl methyl sites for hydroxylation is 1. The van der Waals surface area contributed by atoms with Crippen LogP contribution in [0.1, 0.15) is 16.7 Å². The van der Waals surface area contributed by atoms with Crippen LogP contribution in [0.15, 0.2) is 70.7 Å². The third-order valence-corrected chi connectivity index (χ3v) is 5.41. The Kier molecular flexibility index (Phi) is 8.01. The number of hydrogen-bond donors (Lipinski definition) is 1. The van der Waals surface area contributed by atoms with Gasteiger partial charge in [-0.15, -0.1) is 0 Å². The lowest BCUT2D eigenvalue weighted by Gasteiger charge is -2.14. The quantitative estimate of drug-likeness (QED) is 0.173. The Bertz CT molecular complexity index is 1310. The average molecular weight is 522 g/mol. The number of nitriles is 1. The number of carbonyl (C=O) groups is 1. The molecule has 3 aromatic carbocycles. The lowest BCUT2D eigenvalue weighted by molar-refractivity contribution is -0.384. The number of amides is 1. The van der Waals surface area contributed by atoms with Gasteiger partial charge < -0.3 is 14.8 Å². The molecule has 34 heavy (non-hydrogen) atoms. The summed E-state index contributed by atoms with van der Waals surface area (Å²) in [4.78, 5) is 23.1. The van der Waals surface area contributed by atoms with Crippen LogP contribution < -0.4 is 14.8 Å². The molecule has 0 saturated heterocycles. The maximum atomic E-state index is 12.6. The van der Waals surface area contributed by atoms with Gasteiger partial charge in [-0.2, -0.15) is 5.26 Å². The Morgan fingerprint density at radius 1 is 1.21 bits per heavy atom. The van der Waals surface area contributed by atoms with Crippen molar-refractivity contribution in [2.24, 2.45) is 0 Å². The van der Waals surface area contributed by atoms with Crippen molar-refractivity contribution in [2.45, 2.75) is 13.5 Å². The molecule has 1 N–H and O–H groups in total. The number of non-ortho nitro benzene ring substituents is 1. The highest BCUT2D eigenvalue weighted by molar-refractivity contribution is 9.10. The minimum Gasteiger partial charge on any atom is -0.493 e. The zero-order valence-corrected chi connectivity index (χ0v) is 20.0. The first kappa shape index (κ1) is 24.5. The van der Waals surface area contributed by atoms with Crippen molar-refractivity contribution >= 4 is 39.3 Å². The average Bonchev–Trinajstić information content (AvgIpc) is 2.83. The second-order valence-corrected chi connectivity index (χ2v) is 8.04. The first-order chi connectivity index (χ1) is 16.3. The molecular formula is C25H20BrN3O5. The molecular weight excluding hydrogens is 502 g/mol. The molecule has 0 aliphatic rings. The van der Waals surface area contributed by atoms with E-state index < -0.39 is 10.8 Å². The lowest BCUT2D eigenvalue weighted by Crippen LogP contribution is -2.14. The highest BCUT2D eigenvalue weighted by Crippen LogP contribution is 2.38. The number of benzene rings is 3. The summed E-state index contributed by atoms with van der Waals surface area (Å²) in [7, 11) is 1.46. The number of rotatable bonds is 8. The van der Waals surface area contributed by atoms with Crippen LogP contribution in [0.5, 0.6) is 11.5 Å². The molecule has 9 heteroatoms. The minimum absolute atomic E-state index is 0.0272. The maximum absolute atomic E-state index is 12.6. The molecule has 0 aliphatic heterocycles. The number of hydrogen-bond acceptors (Lipinski definition) is 6. The Labute approximate surface area is 204 Å². The van der Waals surface area contributed by atoms with E-state index in [9.17, 15) is 20.2 Å². The van der Waals surface area contributed by atoms with E-state index in [2.05, 4.69) is 21.2 Å². The molecule has 0 heterocycles. The Hall–Kier alpha value is -4.16. The molecule has 0 radical (unpaired) electrons. The molecule has 0 bridgehead atoms. The van der Waals surface area contributed by atoms with E-state index in [0.29, 0.717) is 32.8 Å². The van der Waals surface area contributed by atoms with Gasteiger partial charge in [-0.05, 0) is 63.8 Å². The highest BCUT2D eigenvalue weighted by Gasteiger charge is 2.15. The van der Waals surface area contributed by atoms with Crippen molar-refractivity contribution in [3.05, 3.63) is 97.5 Å². The summed E-state index contributed by atoms with van der Waals surface area (Å²) in [6.07, 6.45) is 1.45. The van der Waals surface area contributed by atoms with Crippen LogP contribution in [0.4, 0.5) is 11.4 Å². The zero-order chi connectivity index (χ0) is 24.7. The van der Waals surface area contributed by atoms with Gasteiger partial charge >= 0.3 is 0 Å². The number of para-hydroxylation sites is 1. The van der Waals surface area contributed by atoms with Crippen molar-refractivity contribution in [1.82, 2.24) is 0 Å². The zero-order valence-electron chi connectivity index (χ0n) is 18.4. The number of anilines is 1. The normalized spacial score (nSPS) is 10.8. The molecule has 1 amide bonds. The molecule has 0 unspecified atom stereocenters. The molecule has 0 fully saturated rings. The lowest BCUT2D eigenvalue weighted by atomic mass is 10.1. The number of nitro groups is 1.